The van der Waals surface area contributed by atoms with E-state index in [1.165, 1.54) is 0 Å². The van der Waals surface area contributed by atoms with E-state index < -0.39 is 11.6 Å². The van der Waals surface area contributed by atoms with E-state index in [1.54, 1.807) is 0 Å². The normalized spacial score (nSPS) is 12.9. The summed E-state index contributed by atoms with van der Waals surface area (Å²) in [5.74, 6) is 1.91. The maximum absolute atomic E-state index is 5.75. The summed E-state index contributed by atoms with van der Waals surface area (Å²) in [6.45, 7) is 0. The van der Waals surface area contributed by atoms with Gasteiger partial charge >= 0.3 is 55.4 Å². The molecule has 0 spiro atoms. The van der Waals surface area contributed by atoms with E-state index in [0.29, 0.717) is 0 Å². The number of nitrogens with zero attached hydrogens (tertiary/aromatic N) is 1. The Morgan fingerprint density at radius 2 is 1.43 bits per heavy atom. The van der Waals surface area contributed by atoms with Crippen molar-refractivity contribution in [3.63, 3.8) is 0 Å². The van der Waals surface area contributed by atoms with Gasteiger partial charge in [-0.15, -0.1) is 0 Å². The molecule has 0 aliphatic rings. The summed E-state index contributed by atoms with van der Waals surface area (Å²) in [4.78, 5) is 0. The zero-order valence-corrected chi connectivity index (χ0v) is 8.31. The zero-order valence-electron chi connectivity index (χ0n) is 4.70. The number of halogens is 2. The molecule has 0 aromatic rings. The van der Waals surface area contributed by atoms with E-state index >= 15 is 0 Å². The van der Waals surface area contributed by atoms with Gasteiger partial charge in [-0.2, -0.15) is 0 Å². The maximum atomic E-state index is 5.75. The fraction of sp³-hybridized carbons (Fsp3) is 1.00. The fourth-order valence-electron chi connectivity index (χ4n) is 0. The molecule has 4 heteroatoms. The second-order valence-corrected chi connectivity index (χ2v) is 15.8. The predicted octanol–water partition coefficient (Wildman–Crippen LogP) is 1.59. The van der Waals surface area contributed by atoms with Gasteiger partial charge in [0.1, 0.15) is 0 Å². The molecule has 0 fully saturated rings. The van der Waals surface area contributed by atoms with Crippen LogP contribution in [-0.2, 0) is 0 Å². The van der Waals surface area contributed by atoms with Crippen molar-refractivity contribution in [2.75, 3.05) is 14.1 Å². The molecule has 0 heterocycles. The topological polar surface area (TPSA) is 3.24 Å². The summed E-state index contributed by atoms with van der Waals surface area (Å²) in [5, 5.41) is 0. The SMILES string of the molecule is C[N](C)[Ge]([CH3])([Cl])[Cl]. The first-order valence-electron chi connectivity index (χ1n) is 2.00. The Morgan fingerprint density at radius 1 is 1.29 bits per heavy atom. The second kappa shape index (κ2) is 2.58. The molecular formula is C3H9Cl2GeN. The van der Waals surface area contributed by atoms with Crippen molar-refractivity contribution in [2.24, 2.45) is 0 Å². The van der Waals surface area contributed by atoms with Gasteiger partial charge in [0, 0.05) is 0 Å². The van der Waals surface area contributed by atoms with Crippen LogP contribution < -0.4 is 0 Å². The minimum atomic E-state index is -2.39. The van der Waals surface area contributed by atoms with E-state index in [4.69, 9.17) is 20.0 Å². The van der Waals surface area contributed by atoms with E-state index in [0.717, 1.165) is 0 Å². The Bertz CT molecular complexity index is 58.4. The van der Waals surface area contributed by atoms with Gasteiger partial charge in [0.05, 0.1) is 0 Å². The molecule has 0 aliphatic heterocycles. The molecule has 0 saturated carbocycles. The van der Waals surface area contributed by atoms with Gasteiger partial charge in [0.2, 0.25) is 0 Å². The van der Waals surface area contributed by atoms with Gasteiger partial charge in [0.15, 0.2) is 0 Å². The van der Waals surface area contributed by atoms with Crippen LogP contribution in [0, 0.1) is 0 Å². The van der Waals surface area contributed by atoms with Crippen molar-refractivity contribution in [1.82, 2.24) is 3.86 Å². The average molecular weight is 203 g/mol. The van der Waals surface area contributed by atoms with Crippen LogP contribution in [0.2, 0.25) is 5.76 Å². The van der Waals surface area contributed by atoms with Crippen molar-refractivity contribution in [2.45, 2.75) is 5.76 Å². The first kappa shape index (κ1) is 8.08. The van der Waals surface area contributed by atoms with Gasteiger partial charge in [-0.1, -0.05) is 0 Å². The van der Waals surface area contributed by atoms with Crippen LogP contribution in [0.3, 0.4) is 0 Å². The van der Waals surface area contributed by atoms with Crippen molar-refractivity contribution in [3.05, 3.63) is 0 Å². The average Bonchev–Trinajstić information content (AvgIpc) is 1.31. The van der Waals surface area contributed by atoms with Crippen LogP contribution in [0.5, 0.6) is 0 Å². The van der Waals surface area contributed by atoms with E-state index in [2.05, 4.69) is 0 Å². The third-order valence-electron chi connectivity index (χ3n) is 0.785. The number of hydrogen-bond donors (Lipinski definition) is 0. The molecule has 0 N–H and O–H groups in total. The van der Waals surface area contributed by atoms with Crippen LogP contribution in [0.15, 0.2) is 0 Å². The van der Waals surface area contributed by atoms with Crippen LogP contribution in [0.4, 0.5) is 0 Å². The molecule has 0 atom stereocenters. The second-order valence-electron chi connectivity index (χ2n) is 1.74. The van der Waals surface area contributed by atoms with Crippen LogP contribution in [-0.4, -0.2) is 29.6 Å². The molecule has 0 bridgehead atoms. The van der Waals surface area contributed by atoms with E-state index in [9.17, 15) is 0 Å². The van der Waals surface area contributed by atoms with Crippen LogP contribution in [0.25, 0.3) is 0 Å². The minimum absolute atomic E-state index is 1.90. The summed E-state index contributed by atoms with van der Waals surface area (Å²) in [6.07, 6.45) is 0. The predicted molar refractivity (Wildman–Crippen MR) is 37.0 cm³/mol. The van der Waals surface area contributed by atoms with E-state index in [1.807, 2.05) is 23.7 Å². The molecule has 0 rings (SSSR count). The van der Waals surface area contributed by atoms with Crippen molar-refractivity contribution < 1.29 is 0 Å². The summed E-state index contributed by atoms with van der Waals surface area (Å²) >= 11 is -2.39. The first-order valence-corrected chi connectivity index (χ1v) is 10.5. The Kier molecular flexibility index (Phi) is 2.98. The molecule has 0 radical (unpaired) electrons. The summed E-state index contributed by atoms with van der Waals surface area (Å²) in [7, 11) is 15.3. The summed E-state index contributed by atoms with van der Waals surface area (Å²) in [6, 6.07) is 0. The molecule has 0 aromatic heterocycles. The van der Waals surface area contributed by atoms with Crippen LogP contribution in [0.1, 0.15) is 0 Å². The molecule has 44 valence electrons. The molecule has 7 heavy (non-hydrogen) atoms. The molecule has 0 unspecified atom stereocenters. The Morgan fingerprint density at radius 3 is 1.43 bits per heavy atom. The quantitative estimate of drug-likeness (QED) is 0.584. The van der Waals surface area contributed by atoms with Crippen LogP contribution >= 0.6 is 20.0 Å². The van der Waals surface area contributed by atoms with Gasteiger partial charge < -0.3 is 0 Å². The fourth-order valence-corrected chi connectivity index (χ4v) is 0. The molecule has 0 amide bonds. The van der Waals surface area contributed by atoms with Crippen molar-refractivity contribution in [1.29, 1.82) is 0 Å². The van der Waals surface area contributed by atoms with Gasteiger partial charge in [0.25, 0.3) is 0 Å². The van der Waals surface area contributed by atoms with Gasteiger partial charge in [-0.25, -0.2) is 0 Å². The van der Waals surface area contributed by atoms with Gasteiger partial charge in [-0.3, -0.25) is 0 Å². The molecular weight excluding hydrogens is 194 g/mol. The zero-order chi connectivity index (χ0) is 6.08. The standard InChI is InChI=1S/C3H9Cl2GeN/c1-6(4,5)7(2)3/h1-3H3. The third kappa shape index (κ3) is 3.65. The van der Waals surface area contributed by atoms with Crippen molar-refractivity contribution in [3.8, 4) is 0 Å². The Balaban J connectivity index is 3.54. The molecule has 0 saturated heterocycles. The number of hydrogen-bond acceptors (Lipinski definition) is 1. The molecule has 0 aliphatic carbocycles. The Hall–Kier alpha value is 1.08. The third-order valence-corrected chi connectivity index (χ3v) is 7.59. The number of rotatable bonds is 1. The van der Waals surface area contributed by atoms with Gasteiger partial charge in [-0.05, 0) is 0 Å². The Labute approximate surface area is 55.5 Å². The monoisotopic (exact) mass is 203 g/mol. The van der Waals surface area contributed by atoms with Crippen molar-refractivity contribution >= 4 is 31.6 Å². The van der Waals surface area contributed by atoms with E-state index in [-0.39, 0.29) is 0 Å². The summed E-state index contributed by atoms with van der Waals surface area (Å²) < 4.78 is 1.91. The summed E-state index contributed by atoms with van der Waals surface area (Å²) in [5.41, 5.74) is 0. The molecule has 1 nitrogen and oxygen atoms in total. The molecule has 0 aromatic carbocycles. The first-order chi connectivity index (χ1) is 2.94.